The van der Waals surface area contributed by atoms with Crippen LogP contribution in [0.15, 0.2) is 58.7 Å². The number of hydrogen-bond donors (Lipinski definition) is 1. The second kappa shape index (κ2) is 16.3. The van der Waals surface area contributed by atoms with Gasteiger partial charge in [0.1, 0.15) is 6.61 Å². The molecule has 35 heavy (non-hydrogen) atoms. The fourth-order valence-electron chi connectivity index (χ4n) is 4.02. The summed E-state index contributed by atoms with van der Waals surface area (Å²) in [5.41, 5.74) is 5.05. The summed E-state index contributed by atoms with van der Waals surface area (Å²) in [6.45, 7) is 12.5. The van der Waals surface area contributed by atoms with Crippen molar-refractivity contribution in [2.24, 2.45) is 5.41 Å². The first-order valence-corrected chi connectivity index (χ1v) is 12.6. The van der Waals surface area contributed by atoms with Crippen LogP contribution in [-0.2, 0) is 19.1 Å². The molecule has 0 unspecified atom stereocenters. The Morgan fingerprint density at radius 1 is 1.09 bits per heavy atom. The van der Waals surface area contributed by atoms with E-state index in [2.05, 4.69) is 39.8 Å². The van der Waals surface area contributed by atoms with Crippen molar-refractivity contribution in [2.75, 3.05) is 40.0 Å². The van der Waals surface area contributed by atoms with E-state index < -0.39 is 5.97 Å². The third-order valence-corrected chi connectivity index (χ3v) is 6.10. The van der Waals surface area contributed by atoms with E-state index in [1.165, 1.54) is 36.5 Å². The number of esters is 2. The zero-order valence-corrected chi connectivity index (χ0v) is 22.6. The summed E-state index contributed by atoms with van der Waals surface area (Å²) in [5.74, 6) is -0.868. The van der Waals surface area contributed by atoms with Crippen LogP contribution in [0.3, 0.4) is 0 Å². The Morgan fingerprint density at radius 3 is 2.51 bits per heavy atom. The van der Waals surface area contributed by atoms with Crippen LogP contribution in [0.4, 0.5) is 0 Å². The van der Waals surface area contributed by atoms with Crippen molar-refractivity contribution in [3.63, 3.8) is 0 Å². The number of carbonyl (C=O) groups excluding carboxylic acids is 2. The smallest absolute Gasteiger partial charge is 0.331 e. The molecule has 6 heteroatoms. The lowest BCUT2D eigenvalue weighted by molar-refractivity contribution is -0.147. The molecule has 1 aliphatic carbocycles. The minimum absolute atomic E-state index is 0.00893. The maximum atomic E-state index is 12.0. The Balaban J connectivity index is 2.38. The van der Waals surface area contributed by atoms with Gasteiger partial charge < -0.3 is 19.5 Å². The molecule has 0 heterocycles. The molecule has 0 aliphatic heterocycles. The van der Waals surface area contributed by atoms with Crippen LogP contribution in [0.2, 0.25) is 0 Å². The van der Waals surface area contributed by atoms with Crippen molar-refractivity contribution in [3.8, 4) is 0 Å². The standard InChI is InChI=1S/C29H45NO5/c1-23(13-14-26-25(3)12-8-16-29(26,4)5)10-7-11-24(2)22-28(33)35-21-15-27(32)34-20-9-17-30(6)18-19-31/h7,10-11,13-14,22,31H,8-9,12,15-21H2,1-6H3/b11-7+,14-13+,23-10+,24-22+. The quantitative estimate of drug-likeness (QED) is 0.155. The normalized spacial score (nSPS) is 17.0. The van der Waals surface area contributed by atoms with Crippen LogP contribution in [-0.4, -0.2) is 61.9 Å². The van der Waals surface area contributed by atoms with Gasteiger partial charge in [-0.3, -0.25) is 4.79 Å². The zero-order valence-electron chi connectivity index (χ0n) is 22.6. The highest BCUT2D eigenvalue weighted by atomic mass is 16.5. The summed E-state index contributed by atoms with van der Waals surface area (Å²) in [6.07, 6.45) is 16.0. The first-order chi connectivity index (χ1) is 16.5. The van der Waals surface area contributed by atoms with E-state index in [-0.39, 0.29) is 31.0 Å². The lowest BCUT2D eigenvalue weighted by atomic mass is 9.72. The van der Waals surface area contributed by atoms with Crippen molar-refractivity contribution < 1.29 is 24.2 Å². The van der Waals surface area contributed by atoms with Gasteiger partial charge in [0.15, 0.2) is 0 Å². The molecule has 0 radical (unpaired) electrons. The second-order valence-corrected chi connectivity index (χ2v) is 9.94. The Morgan fingerprint density at radius 2 is 1.83 bits per heavy atom. The maximum Gasteiger partial charge on any atom is 0.331 e. The van der Waals surface area contributed by atoms with Gasteiger partial charge in [-0.25, -0.2) is 4.79 Å². The van der Waals surface area contributed by atoms with Gasteiger partial charge in [-0.2, -0.15) is 0 Å². The molecule has 0 aromatic carbocycles. The lowest BCUT2D eigenvalue weighted by Gasteiger charge is -2.32. The second-order valence-electron chi connectivity index (χ2n) is 9.94. The average molecular weight is 488 g/mol. The first kappa shape index (κ1) is 30.6. The highest BCUT2D eigenvalue weighted by molar-refractivity contribution is 5.83. The minimum Gasteiger partial charge on any atom is -0.466 e. The third-order valence-electron chi connectivity index (χ3n) is 6.10. The van der Waals surface area contributed by atoms with Crippen molar-refractivity contribution in [3.05, 3.63) is 58.7 Å². The molecule has 0 spiro atoms. The summed E-state index contributed by atoms with van der Waals surface area (Å²) in [4.78, 5) is 25.6. The highest BCUT2D eigenvalue weighted by Gasteiger charge is 2.26. The van der Waals surface area contributed by atoms with Crippen molar-refractivity contribution >= 4 is 11.9 Å². The number of likely N-dealkylation sites (N-methyl/N-ethyl adjacent to an activating group) is 1. The Hall–Kier alpha value is -2.44. The van der Waals surface area contributed by atoms with E-state index in [4.69, 9.17) is 14.6 Å². The number of nitrogens with zero attached hydrogens (tertiary/aromatic N) is 1. The van der Waals surface area contributed by atoms with E-state index in [0.717, 1.165) is 17.7 Å². The SMILES string of the molecule is CC1=C(/C=C/C(C)=C/C=C/C(C)=C/C(=O)OCCC(=O)OCCCN(C)CCO)C(C)(C)CCC1. The zero-order chi connectivity index (χ0) is 26.3. The summed E-state index contributed by atoms with van der Waals surface area (Å²) in [5, 5.41) is 8.84. The molecule has 0 aromatic rings. The molecular formula is C29H45NO5. The molecule has 0 atom stereocenters. The van der Waals surface area contributed by atoms with E-state index in [9.17, 15) is 9.59 Å². The molecule has 6 nitrogen and oxygen atoms in total. The van der Waals surface area contributed by atoms with Crippen LogP contribution in [0, 0.1) is 5.41 Å². The molecule has 0 saturated heterocycles. The third kappa shape index (κ3) is 13.3. The summed E-state index contributed by atoms with van der Waals surface area (Å²) >= 11 is 0. The Labute approximate surface area is 212 Å². The van der Waals surface area contributed by atoms with Gasteiger partial charge in [0.2, 0.25) is 0 Å². The van der Waals surface area contributed by atoms with Gasteiger partial charge in [-0.1, -0.05) is 55.4 Å². The highest BCUT2D eigenvalue weighted by Crippen LogP contribution is 2.40. The van der Waals surface area contributed by atoms with Gasteiger partial charge in [0.25, 0.3) is 0 Å². The van der Waals surface area contributed by atoms with Crippen molar-refractivity contribution in [1.82, 2.24) is 4.90 Å². The van der Waals surface area contributed by atoms with E-state index >= 15 is 0 Å². The predicted molar refractivity (Wildman–Crippen MR) is 142 cm³/mol. The maximum absolute atomic E-state index is 12.0. The van der Waals surface area contributed by atoms with E-state index in [0.29, 0.717) is 19.6 Å². The largest absolute Gasteiger partial charge is 0.466 e. The number of aliphatic hydroxyl groups excluding tert-OH is 1. The van der Waals surface area contributed by atoms with Gasteiger partial charge in [0.05, 0.1) is 19.6 Å². The molecule has 0 fully saturated rings. The average Bonchev–Trinajstić information content (AvgIpc) is 2.76. The molecule has 1 aliphatic rings. The number of aliphatic hydroxyl groups is 1. The van der Waals surface area contributed by atoms with Crippen molar-refractivity contribution in [2.45, 2.75) is 66.7 Å². The number of allylic oxidation sites excluding steroid dienone is 9. The van der Waals surface area contributed by atoms with Crippen LogP contribution in [0.25, 0.3) is 0 Å². The number of ether oxygens (including phenoxy) is 2. The number of hydrogen-bond acceptors (Lipinski definition) is 6. The molecule has 0 bridgehead atoms. The van der Waals surface area contributed by atoms with Crippen LogP contribution in [0.1, 0.15) is 66.7 Å². The molecular weight excluding hydrogens is 442 g/mol. The van der Waals surface area contributed by atoms with Crippen LogP contribution >= 0.6 is 0 Å². The fourth-order valence-corrected chi connectivity index (χ4v) is 4.02. The van der Waals surface area contributed by atoms with Gasteiger partial charge in [-0.05, 0) is 70.1 Å². The Kier molecular flexibility index (Phi) is 14.2. The van der Waals surface area contributed by atoms with Crippen molar-refractivity contribution in [1.29, 1.82) is 0 Å². The van der Waals surface area contributed by atoms with Crippen LogP contribution < -0.4 is 0 Å². The molecule has 0 amide bonds. The summed E-state index contributed by atoms with van der Waals surface area (Å²) in [6, 6.07) is 0. The van der Waals surface area contributed by atoms with Crippen LogP contribution in [0.5, 0.6) is 0 Å². The Bertz CT molecular complexity index is 845. The number of carbonyl (C=O) groups is 2. The first-order valence-electron chi connectivity index (χ1n) is 12.6. The topological polar surface area (TPSA) is 76.1 Å². The predicted octanol–water partition coefficient (Wildman–Crippen LogP) is 5.31. The summed E-state index contributed by atoms with van der Waals surface area (Å²) in [7, 11) is 1.90. The molecule has 1 rings (SSSR count). The molecule has 1 N–H and O–H groups in total. The van der Waals surface area contributed by atoms with E-state index in [1.807, 2.05) is 37.1 Å². The van der Waals surface area contributed by atoms with E-state index in [1.54, 1.807) is 0 Å². The molecule has 0 saturated carbocycles. The fraction of sp³-hybridized carbons (Fsp3) is 0.586. The van der Waals surface area contributed by atoms with Gasteiger partial charge in [-0.15, -0.1) is 0 Å². The summed E-state index contributed by atoms with van der Waals surface area (Å²) < 4.78 is 10.2. The monoisotopic (exact) mass is 487 g/mol. The lowest BCUT2D eigenvalue weighted by Crippen LogP contribution is -2.24. The number of rotatable bonds is 14. The van der Waals surface area contributed by atoms with Gasteiger partial charge in [0, 0.05) is 19.2 Å². The molecule has 0 aromatic heterocycles. The minimum atomic E-state index is -0.479. The van der Waals surface area contributed by atoms with Gasteiger partial charge >= 0.3 is 11.9 Å². The molecule has 196 valence electrons.